The van der Waals surface area contributed by atoms with Crippen LogP contribution in [-0.4, -0.2) is 35.1 Å². The third-order valence-electron chi connectivity index (χ3n) is 4.67. The molecule has 4 heteroatoms. The Labute approximate surface area is 120 Å². The molecular formula is C15H25N3S. The van der Waals surface area contributed by atoms with Crippen molar-refractivity contribution in [2.45, 2.75) is 64.6 Å². The normalized spacial score (nSPS) is 29.4. The van der Waals surface area contributed by atoms with E-state index >= 15 is 0 Å². The summed E-state index contributed by atoms with van der Waals surface area (Å²) in [6.45, 7) is 9.16. The van der Waals surface area contributed by atoms with Gasteiger partial charge in [-0.25, -0.2) is 4.98 Å². The van der Waals surface area contributed by atoms with Crippen molar-refractivity contribution in [1.82, 2.24) is 15.2 Å². The number of aromatic nitrogens is 1. The van der Waals surface area contributed by atoms with Crippen LogP contribution in [0.15, 0.2) is 0 Å². The van der Waals surface area contributed by atoms with Gasteiger partial charge in [0.15, 0.2) is 0 Å². The Morgan fingerprint density at radius 3 is 2.84 bits per heavy atom. The molecule has 106 valence electrons. The molecule has 0 bridgehead atoms. The Morgan fingerprint density at radius 2 is 2.11 bits per heavy atom. The average molecular weight is 279 g/mol. The van der Waals surface area contributed by atoms with Crippen molar-refractivity contribution in [1.29, 1.82) is 0 Å². The first-order chi connectivity index (χ1) is 9.15. The molecule has 2 aliphatic rings. The minimum Gasteiger partial charge on any atom is -0.304 e. The van der Waals surface area contributed by atoms with Gasteiger partial charge in [-0.3, -0.25) is 4.90 Å². The van der Waals surface area contributed by atoms with Crippen molar-refractivity contribution in [2.75, 3.05) is 13.1 Å². The monoisotopic (exact) mass is 279 g/mol. The lowest BCUT2D eigenvalue weighted by atomic mass is 9.98. The maximum Gasteiger partial charge on any atom is 0.0900 e. The molecule has 1 aromatic heterocycles. The van der Waals surface area contributed by atoms with Crippen molar-refractivity contribution in [2.24, 2.45) is 0 Å². The second-order valence-corrected chi connectivity index (χ2v) is 7.46. The lowest BCUT2D eigenvalue weighted by molar-refractivity contribution is 0.177. The van der Waals surface area contributed by atoms with Crippen LogP contribution in [0.4, 0.5) is 0 Å². The molecule has 2 fully saturated rings. The van der Waals surface area contributed by atoms with E-state index in [0.29, 0.717) is 12.1 Å². The topological polar surface area (TPSA) is 28.2 Å². The minimum atomic E-state index is 0.386. The zero-order chi connectivity index (χ0) is 13.4. The molecule has 2 aliphatic heterocycles. The highest BCUT2D eigenvalue weighted by Crippen LogP contribution is 2.30. The first-order valence-electron chi connectivity index (χ1n) is 7.59. The molecule has 0 radical (unpaired) electrons. The van der Waals surface area contributed by atoms with Crippen LogP contribution in [0.2, 0.25) is 0 Å². The molecule has 1 N–H and O–H groups in total. The molecule has 3 atom stereocenters. The standard InChI is InChI=1S/C15H25N3S/c1-10(15-11(2)19-12(3)17-15)16-13-7-9-18-8-5-4-6-14(13)18/h10,13-14,16H,4-9H2,1-3H3. The fourth-order valence-electron chi connectivity index (χ4n) is 3.79. The first-order valence-corrected chi connectivity index (χ1v) is 8.41. The summed E-state index contributed by atoms with van der Waals surface area (Å²) in [5, 5.41) is 5.04. The van der Waals surface area contributed by atoms with E-state index in [1.54, 1.807) is 0 Å². The van der Waals surface area contributed by atoms with E-state index < -0.39 is 0 Å². The largest absolute Gasteiger partial charge is 0.304 e. The Morgan fingerprint density at radius 1 is 1.26 bits per heavy atom. The molecule has 1 aromatic rings. The predicted octanol–water partition coefficient (Wildman–Crippen LogP) is 3.04. The van der Waals surface area contributed by atoms with Crippen LogP contribution in [0, 0.1) is 13.8 Å². The number of aryl methyl sites for hydroxylation is 2. The summed E-state index contributed by atoms with van der Waals surface area (Å²) in [5.74, 6) is 0. The summed E-state index contributed by atoms with van der Waals surface area (Å²) < 4.78 is 0. The van der Waals surface area contributed by atoms with E-state index in [-0.39, 0.29) is 0 Å². The van der Waals surface area contributed by atoms with Gasteiger partial charge in [0.25, 0.3) is 0 Å². The third-order valence-corrected chi connectivity index (χ3v) is 5.57. The molecular weight excluding hydrogens is 254 g/mol. The van der Waals surface area contributed by atoms with E-state index in [9.17, 15) is 0 Å². The number of piperidine rings is 1. The molecule has 19 heavy (non-hydrogen) atoms. The molecule has 0 aliphatic carbocycles. The fourth-order valence-corrected chi connectivity index (χ4v) is 4.70. The van der Waals surface area contributed by atoms with Crippen LogP contribution in [-0.2, 0) is 0 Å². The Bertz CT molecular complexity index is 443. The summed E-state index contributed by atoms with van der Waals surface area (Å²) in [6, 6.07) is 1.82. The predicted molar refractivity (Wildman–Crippen MR) is 80.8 cm³/mol. The number of nitrogens with zero attached hydrogens (tertiary/aromatic N) is 2. The summed E-state index contributed by atoms with van der Waals surface area (Å²) in [4.78, 5) is 8.76. The Kier molecular flexibility index (Phi) is 3.92. The first kappa shape index (κ1) is 13.5. The van der Waals surface area contributed by atoms with Crippen LogP contribution >= 0.6 is 11.3 Å². The van der Waals surface area contributed by atoms with Crippen LogP contribution in [0.25, 0.3) is 0 Å². The summed E-state index contributed by atoms with van der Waals surface area (Å²) in [6.07, 6.45) is 5.47. The van der Waals surface area contributed by atoms with Crippen LogP contribution in [0.3, 0.4) is 0 Å². The molecule has 3 unspecified atom stereocenters. The number of hydrogen-bond donors (Lipinski definition) is 1. The van der Waals surface area contributed by atoms with Gasteiger partial charge in [-0.1, -0.05) is 6.42 Å². The SMILES string of the molecule is Cc1nc(C(C)NC2CCN3CCCCC23)c(C)s1. The van der Waals surface area contributed by atoms with Crippen molar-refractivity contribution < 1.29 is 0 Å². The lowest BCUT2D eigenvalue weighted by Gasteiger charge is -2.33. The van der Waals surface area contributed by atoms with Crippen molar-refractivity contribution in [3.63, 3.8) is 0 Å². The van der Waals surface area contributed by atoms with E-state index in [1.165, 1.54) is 54.4 Å². The molecule has 2 saturated heterocycles. The maximum absolute atomic E-state index is 4.70. The number of fused-ring (bicyclic) bond motifs is 1. The van der Waals surface area contributed by atoms with Gasteiger partial charge in [0.05, 0.1) is 10.7 Å². The van der Waals surface area contributed by atoms with Crippen molar-refractivity contribution >= 4 is 11.3 Å². The lowest BCUT2D eigenvalue weighted by Crippen LogP contribution is -2.45. The van der Waals surface area contributed by atoms with Crippen molar-refractivity contribution in [3.05, 3.63) is 15.6 Å². The minimum absolute atomic E-state index is 0.386. The van der Waals surface area contributed by atoms with Gasteiger partial charge >= 0.3 is 0 Å². The highest BCUT2D eigenvalue weighted by molar-refractivity contribution is 7.11. The number of nitrogens with one attached hydrogen (secondary N) is 1. The number of hydrogen-bond acceptors (Lipinski definition) is 4. The average Bonchev–Trinajstić information content (AvgIpc) is 2.94. The van der Waals surface area contributed by atoms with E-state index in [0.717, 1.165) is 6.04 Å². The van der Waals surface area contributed by atoms with E-state index in [1.807, 2.05) is 11.3 Å². The van der Waals surface area contributed by atoms with Gasteiger partial charge in [-0.05, 0) is 46.6 Å². The summed E-state index contributed by atoms with van der Waals surface area (Å²) in [7, 11) is 0. The Balaban J connectivity index is 1.66. The van der Waals surface area contributed by atoms with Gasteiger partial charge in [-0.15, -0.1) is 11.3 Å². The van der Waals surface area contributed by atoms with Gasteiger partial charge in [0, 0.05) is 29.5 Å². The second kappa shape index (κ2) is 5.51. The summed E-state index contributed by atoms with van der Waals surface area (Å²) >= 11 is 1.82. The van der Waals surface area contributed by atoms with Crippen LogP contribution in [0.5, 0.6) is 0 Å². The van der Waals surface area contributed by atoms with Gasteiger partial charge in [0.2, 0.25) is 0 Å². The van der Waals surface area contributed by atoms with Gasteiger partial charge in [-0.2, -0.15) is 0 Å². The Hall–Kier alpha value is -0.450. The molecule has 0 spiro atoms. The van der Waals surface area contributed by atoms with Crippen LogP contribution < -0.4 is 5.32 Å². The third kappa shape index (κ3) is 2.71. The molecule has 3 rings (SSSR count). The van der Waals surface area contributed by atoms with Crippen molar-refractivity contribution in [3.8, 4) is 0 Å². The molecule has 3 nitrogen and oxygen atoms in total. The quantitative estimate of drug-likeness (QED) is 0.922. The van der Waals surface area contributed by atoms with E-state index in [4.69, 9.17) is 4.98 Å². The smallest absolute Gasteiger partial charge is 0.0900 e. The highest BCUT2D eigenvalue weighted by atomic mass is 32.1. The molecule has 0 saturated carbocycles. The fraction of sp³-hybridized carbons (Fsp3) is 0.800. The molecule has 0 amide bonds. The second-order valence-electron chi connectivity index (χ2n) is 6.06. The zero-order valence-corrected chi connectivity index (χ0v) is 13.1. The zero-order valence-electron chi connectivity index (χ0n) is 12.3. The number of rotatable bonds is 3. The van der Waals surface area contributed by atoms with Gasteiger partial charge < -0.3 is 5.32 Å². The maximum atomic E-state index is 4.70. The van der Waals surface area contributed by atoms with Gasteiger partial charge in [0.1, 0.15) is 0 Å². The summed E-state index contributed by atoms with van der Waals surface area (Å²) in [5.41, 5.74) is 1.26. The molecule has 0 aromatic carbocycles. The van der Waals surface area contributed by atoms with Crippen LogP contribution in [0.1, 0.15) is 54.2 Å². The molecule has 3 heterocycles. The highest BCUT2D eigenvalue weighted by Gasteiger charge is 2.36. The van der Waals surface area contributed by atoms with E-state index in [2.05, 4.69) is 31.0 Å². The number of thiazole rings is 1.